The maximum Gasteiger partial charge on any atom is 0.426 e. The Kier molecular flexibility index (Phi) is 6.65. The van der Waals surface area contributed by atoms with Crippen molar-refractivity contribution in [3.05, 3.63) is 35.1 Å². The number of rotatable bonds is 3. The molecule has 0 saturated carbocycles. The summed E-state index contributed by atoms with van der Waals surface area (Å²) in [5.74, 6) is -4.32. The molecule has 174 valence electrons. The number of carbonyl (C=O) groups is 2. The molecule has 3 atom stereocenters. The monoisotopic (exact) mass is 458 g/mol. The highest BCUT2D eigenvalue weighted by atomic mass is 19.4. The fourth-order valence-corrected chi connectivity index (χ4v) is 3.53. The summed E-state index contributed by atoms with van der Waals surface area (Å²) in [6.45, 7) is 1.50. The van der Waals surface area contributed by atoms with Crippen molar-refractivity contribution in [2.24, 2.45) is 5.92 Å². The van der Waals surface area contributed by atoms with Crippen molar-refractivity contribution in [1.29, 1.82) is 0 Å². The summed E-state index contributed by atoms with van der Waals surface area (Å²) in [5.41, 5.74) is -5.40. The maximum atomic E-state index is 14.1. The van der Waals surface area contributed by atoms with E-state index in [0.717, 1.165) is 15.9 Å². The Hall–Kier alpha value is -2.37. The Morgan fingerprint density at radius 3 is 2.19 bits per heavy atom. The number of hydrogen-bond acceptors (Lipinski definition) is 3. The summed E-state index contributed by atoms with van der Waals surface area (Å²) < 4.78 is 90.9. The van der Waals surface area contributed by atoms with Crippen LogP contribution in [0.25, 0.3) is 0 Å². The van der Waals surface area contributed by atoms with Crippen molar-refractivity contribution < 1.29 is 45.4 Å². The normalized spacial score (nSPS) is 22.1. The molecule has 1 aromatic carbocycles. The van der Waals surface area contributed by atoms with Gasteiger partial charge in [0.1, 0.15) is 5.82 Å². The quantitative estimate of drug-likeness (QED) is 0.706. The fourth-order valence-electron chi connectivity index (χ4n) is 3.53. The number of piperidine rings is 1. The summed E-state index contributed by atoms with van der Waals surface area (Å²) in [6.07, 6.45) is -9.91. The maximum absolute atomic E-state index is 14.1. The first-order chi connectivity index (χ1) is 14.0. The minimum absolute atomic E-state index is 0.0331. The van der Waals surface area contributed by atoms with Gasteiger partial charge in [0.25, 0.3) is 11.8 Å². The minimum Gasteiger partial charge on any atom is -0.373 e. The molecule has 1 aliphatic rings. The van der Waals surface area contributed by atoms with E-state index in [1.165, 1.54) is 7.05 Å². The summed E-state index contributed by atoms with van der Waals surface area (Å²) in [6, 6.07) is 0.897. The molecule has 0 spiro atoms. The predicted octanol–water partition coefficient (Wildman–Crippen LogP) is 3.47. The van der Waals surface area contributed by atoms with E-state index in [0.29, 0.717) is 13.0 Å². The average molecular weight is 458 g/mol. The van der Waals surface area contributed by atoms with Crippen LogP contribution in [0.2, 0.25) is 0 Å². The molecule has 1 aliphatic heterocycles. The molecule has 31 heavy (non-hydrogen) atoms. The zero-order valence-electron chi connectivity index (χ0n) is 16.8. The van der Waals surface area contributed by atoms with Crippen LogP contribution in [0.3, 0.4) is 0 Å². The van der Waals surface area contributed by atoms with E-state index in [1.807, 2.05) is 0 Å². The third kappa shape index (κ3) is 4.94. The molecular formula is C19H21F7N2O3. The predicted molar refractivity (Wildman–Crippen MR) is 94.3 cm³/mol. The van der Waals surface area contributed by atoms with Crippen LogP contribution in [0.1, 0.15) is 36.2 Å². The van der Waals surface area contributed by atoms with Crippen molar-refractivity contribution in [1.82, 2.24) is 9.80 Å². The molecule has 0 aromatic heterocycles. The van der Waals surface area contributed by atoms with Crippen LogP contribution in [0.4, 0.5) is 30.7 Å². The molecule has 1 saturated heterocycles. The van der Waals surface area contributed by atoms with E-state index in [4.69, 9.17) is 0 Å². The van der Waals surface area contributed by atoms with Gasteiger partial charge in [-0.15, -0.1) is 0 Å². The Balaban J connectivity index is 2.14. The Morgan fingerprint density at radius 2 is 1.74 bits per heavy atom. The zero-order valence-corrected chi connectivity index (χ0v) is 16.8. The summed E-state index contributed by atoms with van der Waals surface area (Å²) in [4.78, 5) is 26.7. The number of aliphatic hydroxyl groups is 1. The molecule has 0 bridgehead atoms. The van der Waals surface area contributed by atoms with Gasteiger partial charge in [0.05, 0.1) is 11.1 Å². The van der Waals surface area contributed by atoms with E-state index >= 15 is 0 Å². The third-order valence-electron chi connectivity index (χ3n) is 5.46. The van der Waals surface area contributed by atoms with Gasteiger partial charge in [-0.2, -0.15) is 26.3 Å². The van der Waals surface area contributed by atoms with Gasteiger partial charge in [-0.3, -0.25) is 9.59 Å². The molecule has 1 N–H and O–H groups in total. The van der Waals surface area contributed by atoms with Gasteiger partial charge in [0.2, 0.25) is 5.60 Å². The summed E-state index contributed by atoms with van der Waals surface area (Å²) >= 11 is 0. The van der Waals surface area contributed by atoms with Crippen LogP contribution in [0, 0.1) is 11.7 Å². The lowest BCUT2D eigenvalue weighted by atomic mass is 9.90. The van der Waals surface area contributed by atoms with Crippen molar-refractivity contribution in [3.63, 3.8) is 0 Å². The first-order valence-electron chi connectivity index (χ1n) is 9.21. The van der Waals surface area contributed by atoms with E-state index in [-0.39, 0.29) is 25.6 Å². The van der Waals surface area contributed by atoms with Crippen LogP contribution in [-0.2, 0) is 11.0 Å². The molecule has 1 aromatic rings. The van der Waals surface area contributed by atoms with Crippen molar-refractivity contribution >= 4 is 11.8 Å². The van der Waals surface area contributed by atoms with E-state index < -0.39 is 58.7 Å². The van der Waals surface area contributed by atoms with Crippen LogP contribution < -0.4 is 0 Å². The molecular weight excluding hydrogens is 437 g/mol. The molecule has 2 amide bonds. The molecule has 2 unspecified atom stereocenters. The lowest BCUT2D eigenvalue weighted by Crippen LogP contribution is -2.60. The average Bonchev–Trinajstić information content (AvgIpc) is 2.64. The Labute approximate surface area is 173 Å². The number of amides is 2. The summed E-state index contributed by atoms with van der Waals surface area (Å²) in [7, 11) is 1.30. The third-order valence-corrected chi connectivity index (χ3v) is 5.46. The minimum atomic E-state index is -5.17. The number of nitrogens with zero attached hydrogens (tertiary/aromatic N) is 2. The van der Waals surface area contributed by atoms with Crippen LogP contribution in [0.15, 0.2) is 18.2 Å². The Bertz CT molecular complexity index is 852. The second-order valence-electron chi connectivity index (χ2n) is 7.76. The lowest BCUT2D eigenvalue weighted by Gasteiger charge is -2.43. The number of carbonyl (C=O) groups excluding carboxylic acids is 2. The molecule has 5 nitrogen and oxygen atoms in total. The SMILES string of the molecule is CC1CN(C(=O)[C@@](C)(O)C(F)(F)F)CCC1N(C)C(=O)c1ccc(C(F)(F)F)cc1F. The zero-order chi connectivity index (χ0) is 23.9. The fraction of sp³-hybridized carbons (Fsp3) is 0.579. The second kappa shape index (κ2) is 8.29. The van der Waals surface area contributed by atoms with E-state index in [1.54, 1.807) is 6.92 Å². The van der Waals surface area contributed by atoms with Crippen molar-refractivity contribution in [2.45, 2.75) is 44.3 Å². The molecule has 1 heterocycles. The van der Waals surface area contributed by atoms with Gasteiger partial charge in [0, 0.05) is 26.2 Å². The van der Waals surface area contributed by atoms with Gasteiger partial charge < -0.3 is 14.9 Å². The largest absolute Gasteiger partial charge is 0.426 e. The number of benzene rings is 1. The standard InChI is InChI=1S/C19H21F7N2O3/c1-10-9-28(16(30)17(2,31)19(24,25)26)7-6-14(10)27(3)15(29)12-5-4-11(8-13(12)20)18(21,22)23/h4-5,8,10,14,31H,6-7,9H2,1-3H3/t10?,14?,17-/m1/s1. The van der Waals surface area contributed by atoms with Gasteiger partial charge in [0.15, 0.2) is 0 Å². The lowest BCUT2D eigenvalue weighted by molar-refractivity contribution is -0.251. The van der Waals surface area contributed by atoms with Crippen LogP contribution >= 0.6 is 0 Å². The molecule has 12 heteroatoms. The van der Waals surface area contributed by atoms with Crippen molar-refractivity contribution in [3.8, 4) is 0 Å². The number of halogens is 7. The first-order valence-corrected chi connectivity index (χ1v) is 9.21. The second-order valence-corrected chi connectivity index (χ2v) is 7.76. The van der Waals surface area contributed by atoms with Crippen LogP contribution in [-0.4, -0.2) is 64.7 Å². The van der Waals surface area contributed by atoms with E-state index in [9.17, 15) is 45.4 Å². The van der Waals surface area contributed by atoms with Gasteiger partial charge in [-0.25, -0.2) is 4.39 Å². The Morgan fingerprint density at radius 1 is 1.16 bits per heavy atom. The molecule has 2 rings (SSSR count). The molecule has 0 radical (unpaired) electrons. The highest BCUT2D eigenvalue weighted by Gasteiger charge is 2.57. The van der Waals surface area contributed by atoms with Gasteiger partial charge in [-0.1, -0.05) is 6.92 Å². The van der Waals surface area contributed by atoms with Gasteiger partial charge >= 0.3 is 12.4 Å². The van der Waals surface area contributed by atoms with Crippen LogP contribution in [0.5, 0.6) is 0 Å². The number of alkyl halides is 6. The van der Waals surface area contributed by atoms with E-state index in [2.05, 4.69) is 0 Å². The molecule has 0 aliphatic carbocycles. The summed E-state index contributed by atoms with van der Waals surface area (Å²) in [5, 5.41) is 9.58. The topological polar surface area (TPSA) is 60.9 Å². The first kappa shape index (κ1) is 24.9. The van der Waals surface area contributed by atoms with Crippen molar-refractivity contribution in [2.75, 3.05) is 20.1 Å². The molecule has 1 fully saturated rings. The smallest absolute Gasteiger partial charge is 0.373 e. The number of likely N-dealkylation sites (tertiary alicyclic amines) is 1. The highest BCUT2D eigenvalue weighted by molar-refractivity contribution is 5.94. The van der Waals surface area contributed by atoms with Gasteiger partial charge in [-0.05, 0) is 37.5 Å². The highest BCUT2D eigenvalue weighted by Crippen LogP contribution is 2.34. The number of hydrogen-bond donors (Lipinski definition) is 1.